The fraction of sp³-hybridized carbons (Fsp3) is 0.308. The van der Waals surface area contributed by atoms with Crippen molar-refractivity contribution in [2.24, 2.45) is 0 Å². The monoisotopic (exact) mass is 294 g/mol. The summed E-state index contributed by atoms with van der Waals surface area (Å²) in [6.07, 6.45) is 0. The van der Waals surface area contributed by atoms with Gasteiger partial charge in [-0.15, -0.1) is 11.6 Å². The molecule has 0 bridgehead atoms. The zero-order valence-corrected chi connectivity index (χ0v) is 11.7. The highest BCUT2D eigenvalue weighted by Crippen LogP contribution is 2.26. The lowest BCUT2D eigenvalue weighted by molar-refractivity contribution is 0.367. The van der Waals surface area contributed by atoms with Crippen LogP contribution in [0.2, 0.25) is 0 Å². The van der Waals surface area contributed by atoms with Gasteiger partial charge in [0.25, 0.3) is 0 Å². The summed E-state index contributed by atoms with van der Waals surface area (Å²) in [4.78, 5) is 8.43. The van der Waals surface area contributed by atoms with Gasteiger partial charge in [-0.1, -0.05) is 11.2 Å². The van der Waals surface area contributed by atoms with Crippen LogP contribution in [0, 0.1) is 12.7 Å². The standard InChI is InChI=1S/C13H12ClFN4O/c1-7(14)13-17-12-9(15)4-3-5-10(12)19(13)6-11-16-8(2)18-20-11/h3-5,7H,6H2,1-2H3. The number of fused-ring (bicyclic) bond motifs is 1. The van der Waals surface area contributed by atoms with Crippen molar-refractivity contribution in [3.05, 3.63) is 41.6 Å². The molecule has 0 fully saturated rings. The number of alkyl halides is 1. The third-order valence-corrected chi connectivity index (χ3v) is 3.17. The molecule has 0 aliphatic heterocycles. The van der Waals surface area contributed by atoms with Crippen molar-refractivity contribution >= 4 is 22.6 Å². The second-order valence-corrected chi connectivity index (χ2v) is 5.17. The van der Waals surface area contributed by atoms with Crippen LogP contribution in [-0.2, 0) is 6.54 Å². The lowest BCUT2D eigenvalue weighted by Crippen LogP contribution is -2.06. The van der Waals surface area contributed by atoms with Crippen molar-refractivity contribution in [2.45, 2.75) is 25.8 Å². The molecule has 2 aromatic heterocycles. The van der Waals surface area contributed by atoms with Gasteiger partial charge in [0.05, 0.1) is 10.9 Å². The fourth-order valence-corrected chi connectivity index (χ4v) is 2.31. The number of rotatable bonds is 3. The minimum atomic E-state index is -0.374. The van der Waals surface area contributed by atoms with E-state index in [0.29, 0.717) is 35.1 Å². The Morgan fingerprint density at radius 3 is 2.85 bits per heavy atom. The van der Waals surface area contributed by atoms with E-state index in [-0.39, 0.29) is 11.2 Å². The van der Waals surface area contributed by atoms with Crippen LogP contribution >= 0.6 is 11.6 Å². The number of aromatic nitrogens is 4. The molecule has 5 nitrogen and oxygen atoms in total. The first kappa shape index (κ1) is 13.1. The molecule has 0 N–H and O–H groups in total. The second-order valence-electron chi connectivity index (χ2n) is 4.52. The summed E-state index contributed by atoms with van der Waals surface area (Å²) in [6.45, 7) is 3.84. The van der Waals surface area contributed by atoms with Gasteiger partial charge in [0.15, 0.2) is 11.6 Å². The van der Waals surface area contributed by atoms with Gasteiger partial charge in [0.2, 0.25) is 5.89 Å². The molecule has 0 radical (unpaired) electrons. The van der Waals surface area contributed by atoms with E-state index in [9.17, 15) is 4.39 Å². The highest BCUT2D eigenvalue weighted by molar-refractivity contribution is 6.20. The average Bonchev–Trinajstić information content (AvgIpc) is 2.96. The van der Waals surface area contributed by atoms with Gasteiger partial charge >= 0.3 is 0 Å². The summed E-state index contributed by atoms with van der Waals surface area (Å²) in [5.74, 6) is 1.19. The quantitative estimate of drug-likeness (QED) is 0.696. The van der Waals surface area contributed by atoms with Gasteiger partial charge in [0, 0.05) is 0 Å². The number of benzene rings is 1. The summed E-state index contributed by atoms with van der Waals surface area (Å²) < 4.78 is 20.7. The molecule has 3 aromatic rings. The average molecular weight is 295 g/mol. The predicted molar refractivity (Wildman–Crippen MR) is 72.1 cm³/mol. The number of halogens is 2. The first-order valence-corrected chi connectivity index (χ1v) is 6.58. The maximum absolute atomic E-state index is 13.8. The van der Waals surface area contributed by atoms with E-state index >= 15 is 0 Å². The Morgan fingerprint density at radius 2 is 2.20 bits per heavy atom. The second kappa shape index (κ2) is 4.86. The van der Waals surface area contributed by atoms with E-state index in [2.05, 4.69) is 15.1 Å². The number of nitrogens with zero attached hydrogens (tertiary/aromatic N) is 4. The Balaban J connectivity index is 2.16. The van der Waals surface area contributed by atoms with Gasteiger partial charge < -0.3 is 9.09 Å². The van der Waals surface area contributed by atoms with E-state index in [1.807, 2.05) is 0 Å². The van der Waals surface area contributed by atoms with Crippen LogP contribution in [0.5, 0.6) is 0 Å². The van der Waals surface area contributed by atoms with Crippen molar-refractivity contribution in [3.8, 4) is 0 Å². The van der Waals surface area contributed by atoms with E-state index in [0.717, 1.165) is 0 Å². The molecular weight excluding hydrogens is 283 g/mol. The summed E-state index contributed by atoms with van der Waals surface area (Å²) in [6, 6.07) is 4.80. The largest absolute Gasteiger partial charge is 0.337 e. The maximum atomic E-state index is 13.8. The fourth-order valence-electron chi connectivity index (χ4n) is 2.14. The maximum Gasteiger partial charge on any atom is 0.246 e. The first-order valence-electron chi connectivity index (χ1n) is 6.14. The van der Waals surface area contributed by atoms with Crippen LogP contribution in [0.3, 0.4) is 0 Å². The van der Waals surface area contributed by atoms with Crippen molar-refractivity contribution in [3.63, 3.8) is 0 Å². The highest BCUT2D eigenvalue weighted by Gasteiger charge is 2.18. The molecule has 0 saturated heterocycles. The van der Waals surface area contributed by atoms with E-state index in [1.165, 1.54) is 6.07 Å². The molecule has 7 heteroatoms. The zero-order chi connectivity index (χ0) is 14.3. The normalized spacial score (nSPS) is 13.0. The Kier molecular flexibility index (Phi) is 3.17. The highest BCUT2D eigenvalue weighted by atomic mass is 35.5. The number of para-hydroxylation sites is 1. The Morgan fingerprint density at radius 1 is 1.40 bits per heavy atom. The zero-order valence-electron chi connectivity index (χ0n) is 11.0. The summed E-state index contributed by atoms with van der Waals surface area (Å²) in [5.41, 5.74) is 0.953. The van der Waals surface area contributed by atoms with Crippen LogP contribution in [0.25, 0.3) is 11.0 Å². The van der Waals surface area contributed by atoms with Crippen molar-refractivity contribution < 1.29 is 8.91 Å². The molecule has 0 aliphatic carbocycles. The van der Waals surface area contributed by atoms with Crippen molar-refractivity contribution in [2.75, 3.05) is 0 Å². The molecule has 1 aromatic carbocycles. The molecule has 0 amide bonds. The SMILES string of the molecule is Cc1noc(Cn2c(C(C)Cl)nc3c(F)cccc32)n1. The molecule has 3 rings (SSSR count). The van der Waals surface area contributed by atoms with Gasteiger partial charge in [-0.25, -0.2) is 9.37 Å². The number of aryl methyl sites for hydroxylation is 1. The predicted octanol–water partition coefficient (Wildman–Crippen LogP) is 3.21. The summed E-state index contributed by atoms with van der Waals surface area (Å²) in [7, 11) is 0. The van der Waals surface area contributed by atoms with Crippen LogP contribution in [0.15, 0.2) is 22.7 Å². The first-order chi connectivity index (χ1) is 9.56. The summed E-state index contributed by atoms with van der Waals surface area (Å²) in [5, 5.41) is 3.39. The van der Waals surface area contributed by atoms with Gasteiger partial charge in [-0.05, 0) is 26.0 Å². The molecule has 1 unspecified atom stereocenters. The van der Waals surface area contributed by atoms with Gasteiger partial charge in [0.1, 0.15) is 17.9 Å². The smallest absolute Gasteiger partial charge is 0.246 e. The Hall–Kier alpha value is -1.95. The molecule has 1 atom stereocenters. The third kappa shape index (κ3) is 2.16. The molecule has 0 aliphatic rings. The minimum Gasteiger partial charge on any atom is -0.337 e. The van der Waals surface area contributed by atoms with Crippen LogP contribution in [0.1, 0.15) is 29.8 Å². The molecule has 104 valence electrons. The number of imidazole rings is 1. The van der Waals surface area contributed by atoms with Crippen LogP contribution in [0.4, 0.5) is 4.39 Å². The molecule has 0 saturated carbocycles. The van der Waals surface area contributed by atoms with Crippen molar-refractivity contribution in [1.29, 1.82) is 0 Å². The lowest BCUT2D eigenvalue weighted by Gasteiger charge is -2.07. The van der Waals surface area contributed by atoms with E-state index in [4.69, 9.17) is 16.1 Å². The van der Waals surface area contributed by atoms with E-state index in [1.54, 1.807) is 30.5 Å². The molecule has 20 heavy (non-hydrogen) atoms. The van der Waals surface area contributed by atoms with Crippen molar-refractivity contribution in [1.82, 2.24) is 19.7 Å². The molecular formula is C13H12ClFN4O. The minimum absolute atomic E-state index is 0.297. The van der Waals surface area contributed by atoms with Crippen LogP contribution < -0.4 is 0 Å². The van der Waals surface area contributed by atoms with Gasteiger partial charge in [-0.2, -0.15) is 4.98 Å². The Labute approximate surface area is 119 Å². The topological polar surface area (TPSA) is 56.7 Å². The van der Waals surface area contributed by atoms with E-state index < -0.39 is 0 Å². The number of hydrogen-bond donors (Lipinski definition) is 0. The molecule has 0 spiro atoms. The number of hydrogen-bond acceptors (Lipinski definition) is 4. The lowest BCUT2D eigenvalue weighted by atomic mass is 10.3. The van der Waals surface area contributed by atoms with Gasteiger partial charge in [-0.3, -0.25) is 0 Å². The van der Waals surface area contributed by atoms with Crippen LogP contribution in [-0.4, -0.2) is 19.7 Å². The molecule has 2 heterocycles. The third-order valence-electron chi connectivity index (χ3n) is 2.98. The Bertz CT molecular complexity index is 765. The summed E-state index contributed by atoms with van der Waals surface area (Å²) >= 11 is 6.13.